The van der Waals surface area contributed by atoms with Crippen molar-refractivity contribution in [3.05, 3.63) is 94.0 Å². The molecule has 0 radical (unpaired) electrons. The highest BCUT2D eigenvalue weighted by Crippen LogP contribution is 2.31. The van der Waals surface area contributed by atoms with Crippen LogP contribution in [0.3, 0.4) is 0 Å². The van der Waals surface area contributed by atoms with E-state index in [1.807, 2.05) is 72.8 Å². The van der Waals surface area contributed by atoms with E-state index in [1.165, 1.54) is 0 Å². The van der Waals surface area contributed by atoms with Gasteiger partial charge in [-0.25, -0.2) is 0 Å². The summed E-state index contributed by atoms with van der Waals surface area (Å²) in [5.41, 5.74) is 3.02. The van der Waals surface area contributed by atoms with Crippen LogP contribution in [0, 0.1) is 0 Å². The Kier molecular flexibility index (Phi) is 7.30. The van der Waals surface area contributed by atoms with E-state index in [9.17, 15) is 4.79 Å². The van der Waals surface area contributed by atoms with E-state index in [0.29, 0.717) is 24.3 Å². The lowest BCUT2D eigenvalue weighted by atomic mass is 9.98. The molecule has 1 amide bonds. The maximum Gasteiger partial charge on any atom is 0.221 e. The third kappa shape index (κ3) is 5.39. The van der Waals surface area contributed by atoms with Crippen molar-refractivity contribution in [3.63, 3.8) is 0 Å². The first-order chi connectivity index (χ1) is 14.1. The summed E-state index contributed by atoms with van der Waals surface area (Å²) in [6, 6.07) is 23.5. The van der Waals surface area contributed by atoms with Gasteiger partial charge in [0.1, 0.15) is 0 Å². The van der Waals surface area contributed by atoms with Crippen LogP contribution in [0.5, 0.6) is 11.5 Å². The van der Waals surface area contributed by atoms with Crippen molar-refractivity contribution in [2.24, 2.45) is 0 Å². The first-order valence-electron chi connectivity index (χ1n) is 9.42. The number of carbonyl (C=O) groups is 1. The normalized spacial score (nSPS) is 11.6. The van der Waals surface area contributed by atoms with Crippen molar-refractivity contribution in [2.45, 2.75) is 18.9 Å². The van der Waals surface area contributed by atoms with E-state index in [1.54, 1.807) is 14.2 Å². The van der Waals surface area contributed by atoms with Crippen LogP contribution in [0.2, 0.25) is 0 Å². The SMILES string of the molecule is COc1cccc(CCC(=O)NC(c2ccccc2)c2ccc(Br)cc2)c1OC. The van der Waals surface area contributed by atoms with Gasteiger partial charge in [0.25, 0.3) is 0 Å². The molecule has 1 N–H and O–H groups in total. The zero-order valence-electron chi connectivity index (χ0n) is 16.5. The number of rotatable bonds is 8. The molecule has 150 valence electrons. The number of benzene rings is 3. The fraction of sp³-hybridized carbons (Fsp3) is 0.208. The van der Waals surface area contributed by atoms with Crippen LogP contribution in [0.1, 0.15) is 29.2 Å². The Morgan fingerprint density at radius 2 is 1.59 bits per heavy atom. The smallest absolute Gasteiger partial charge is 0.221 e. The standard InChI is InChI=1S/C24H24BrNO3/c1-28-21-10-6-9-19(24(21)29-2)13-16-22(27)26-23(17-7-4-3-5-8-17)18-11-14-20(25)15-12-18/h3-12,14-15,23H,13,16H2,1-2H3,(H,26,27). The molecule has 1 unspecified atom stereocenters. The van der Waals surface area contributed by atoms with Gasteiger partial charge in [-0.1, -0.05) is 70.5 Å². The van der Waals surface area contributed by atoms with Crippen LogP contribution in [0.4, 0.5) is 0 Å². The van der Waals surface area contributed by atoms with Crippen molar-refractivity contribution >= 4 is 21.8 Å². The molecule has 0 fully saturated rings. The summed E-state index contributed by atoms with van der Waals surface area (Å²) in [7, 11) is 3.22. The number of methoxy groups -OCH3 is 2. The lowest BCUT2D eigenvalue weighted by Gasteiger charge is -2.20. The van der Waals surface area contributed by atoms with Crippen LogP contribution >= 0.6 is 15.9 Å². The van der Waals surface area contributed by atoms with E-state index < -0.39 is 0 Å². The molecule has 0 spiro atoms. The number of ether oxygens (including phenoxy) is 2. The molecule has 29 heavy (non-hydrogen) atoms. The van der Waals surface area contributed by atoms with Gasteiger partial charge in [-0.2, -0.15) is 0 Å². The second-order valence-electron chi connectivity index (χ2n) is 6.62. The van der Waals surface area contributed by atoms with Gasteiger partial charge in [-0.3, -0.25) is 4.79 Å². The maximum absolute atomic E-state index is 12.8. The Labute approximate surface area is 180 Å². The minimum Gasteiger partial charge on any atom is -0.493 e. The summed E-state index contributed by atoms with van der Waals surface area (Å²) in [6.07, 6.45) is 0.914. The fourth-order valence-corrected chi connectivity index (χ4v) is 3.56. The molecule has 1 atom stereocenters. The van der Waals surface area contributed by atoms with Crippen LogP contribution in [0.25, 0.3) is 0 Å². The Hall–Kier alpha value is -2.79. The van der Waals surface area contributed by atoms with Crippen molar-refractivity contribution in [2.75, 3.05) is 14.2 Å². The average Bonchev–Trinajstić information content (AvgIpc) is 2.77. The number of halogens is 1. The summed E-state index contributed by atoms with van der Waals surface area (Å²) < 4.78 is 11.8. The molecule has 4 nitrogen and oxygen atoms in total. The molecular weight excluding hydrogens is 430 g/mol. The summed E-state index contributed by atoms with van der Waals surface area (Å²) >= 11 is 3.47. The van der Waals surface area contributed by atoms with Crippen LogP contribution in [-0.2, 0) is 11.2 Å². The van der Waals surface area contributed by atoms with E-state index in [4.69, 9.17) is 9.47 Å². The maximum atomic E-state index is 12.8. The van der Waals surface area contributed by atoms with Gasteiger partial charge in [-0.05, 0) is 41.3 Å². The first-order valence-corrected chi connectivity index (χ1v) is 10.2. The molecule has 3 aromatic rings. The summed E-state index contributed by atoms with van der Waals surface area (Å²) in [5.74, 6) is 1.32. The summed E-state index contributed by atoms with van der Waals surface area (Å²) in [5, 5.41) is 3.18. The van der Waals surface area contributed by atoms with Crippen molar-refractivity contribution < 1.29 is 14.3 Å². The third-order valence-electron chi connectivity index (χ3n) is 4.75. The number of para-hydroxylation sites is 1. The lowest BCUT2D eigenvalue weighted by molar-refractivity contribution is -0.121. The topological polar surface area (TPSA) is 47.6 Å². The highest BCUT2D eigenvalue weighted by molar-refractivity contribution is 9.10. The summed E-state index contributed by atoms with van der Waals surface area (Å²) in [4.78, 5) is 12.8. The fourth-order valence-electron chi connectivity index (χ4n) is 3.29. The Morgan fingerprint density at radius 3 is 2.24 bits per heavy atom. The predicted molar refractivity (Wildman–Crippen MR) is 118 cm³/mol. The molecule has 3 aromatic carbocycles. The average molecular weight is 454 g/mol. The van der Waals surface area contributed by atoms with Gasteiger partial charge in [0.05, 0.1) is 20.3 Å². The number of nitrogens with one attached hydrogen (secondary N) is 1. The van der Waals surface area contributed by atoms with Crippen LogP contribution in [0.15, 0.2) is 77.3 Å². The van der Waals surface area contributed by atoms with Crippen molar-refractivity contribution in [3.8, 4) is 11.5 Å². The van der Waals surface area contributed by atoms with E-state index in [-0.39, 0.29) is 11.9 Å². The van der Waals surface area contributed by atoms with E-state index in [2.05, 4.69) is 21.2 Å². The zero-order valence-corrected chi connectivity index (χ0v) is 18.1. The van der Waals surface area contributed by atoms with Gasteiger partial charge < -0.3 is 14.8 Å². The van der Waals surface area contributed by atoms with Crippen LogP contribution in [-0.4, -0.2) is 20.1 Å². The number of carbonyl (C=O) groups excluding carboxylic acids is 1. The largest absolute Gasteiger partial charge is 0.493 e. The van der Waals surface area contributed by atoms with Gasteiger partial charge in [0.15, 0.2) is 11.5 Å². The van der Waals surface area contributed by atoms with E-state index >= 15 is 0 Å². The highest BCUT2D eigenvalue weighted by Gasteiger charge is 2.18. The molecule has 0 heterocycles. The quantitative estimate of drug-likeness (QED) is 0.502. The molecule has 5 heteroatoms. The molecule has 0 aliphatic heterocycles. The minimum atomic E-state index is -0.205. The minimum absolute atomic E-state index is 0.0216. The molecule has 0 bridgehead atoms. The van der Waals surface area contributed by atoms with Gasteiger partial charge in [-0.15, -0.1) is 0 Å². The number of hydrogen-bond acceptors (Lipinski definition) is 3. The Bertz CT molecular complexity index is 942. The van der Waals surface area contributed by atoms with E-state index in [0.717, 1.165) is 21.2 Å². The molecule has 3 rings (SSSR count). The molecule has 0 aromatic heterocycles. The first kappa shape index (κ1) is 20.9. The Morgan fingerprint density at radius 1 is 0.897 bits per heavy atom. The third-order valence-corrected chi connectivity index (χ3v) is 5.28. The van der Waals surface area contributed by atoms with Crippen molar-refractivity contribution in [1.82, 2.24) is 5.32 Å². The molecule has 0 aliphatic rings. The van der Waals surface area contributed by atoms with Crippen LogP contribution < -0.4 is 14.8 Å². The number of amides is 1. The Balaban J connectivity index is 1.75. The zero-order chi connectivity index (χ0) is 20.6. The van der Waals surface area contributed by atoms with Gasteiger partial charge in [0, 0.05) is 10.9 Å². The summed E-state index contributed by atoms with van der Waals surface area (Å²) in [6.45, 7) is 0. The second kappa shape index (κ2) is 10.1. The molecule has 0 saturated carbocycles. The number of hydrogen-bond donors (Lipinski definition) is 1. The lowest BCUT2D eigenvalue weighted by Crippen LogP contribution is -2.29. The number of aryl methyl sites for hydroxylation is 1. The molecule has 0 aliphatic carbocycles. The monoisotopic (exact) mass is 453 g/mol. The van der Waals surface area contributed by atoms with Gasteiger partial charge in [0.2, 0.25) is 5.91 Å². The van der Waals surface area contributed by atoms with Gasteiger partial charge >= 0.3 is 0 Å². The molecular formula is C24H24BrNO3. The van der Waals surface area contributed by atoms with Crippen molar-refractivity contribution in [1.29, 1.82) is 0 Å². The second-order valence-corrected chi connectivity index (χ2v) is 7.53. The predicted octanol–water partition coefficient (Wildman–Crippen LogP) is 5.30. The molecule has 0 saturated heterocycles. The highest BCUT2D eigenvalue weighted by atomic mass is 79.9.